The van der Waals surface area contributed by atoms with Gasteiger partial charge in [-0.25, -0.2) is 9.59 Å². The Labute approximate surface area is 171 Å². The van der Waals surface area contributed by atoms with E-state index in [9.17, 15) is 19.5 Å². The van der Waals surface area contributed by atoms with Crippen LogP contribution in [0.5, 0.6) is 0 Å². The Kier molecular flexibility index (Phi) is 6.32. The van der Waals surface area contributed by atoms with Crippen LogP contribution in [-0.2, 0) is 16.0 Å². The molecular weight excluding hydrogens is 394 g/mol. The third-order valence-corrected chi connectivity index (χ3v) is 5.83. The molecule has 0 aliphatic carbocycles. The molecule has 2 N–H and O–H groups in total. The molecule has 29 heavy (non-hydrogen) atoms. The third-order valence-electron chi connectivity index (χ3n) is 4.90. The summed E-state index contributed by atoms with van der Waals surface area (Å²) in [5.74, 6) is -0.101. The first-order chi connectivity index (χ1) is 13.8. The maximum atomic E-state index is 12.5. The molecule has 0 aliphatic heterocycles. The molecule has 0 fully saturated rings. The zero-order valence-electron chi connectivity index (χ0n) is 16.5. The SMILES string of the molecule is CCSCCC(NC(=O)Cc1c(C)c2cc3c(C)coc3cc2oc1=O)C(=O)O. The van der Waals surface area contributed by atoms with Gasteiger partial charge in [0, 0.05) is 16.8 Å². The second-order valence-corrected chi connectivity index (χ2v) is 8.27. The maximum Gasteiger partial charge on any atom is 0.340 e. The fourth-order valence-corrected chi connectivity index (χ4v) is 3.94. The lowest BCUT2D eigenvalue weighted by molar-refractivity contribution is -0.141. The highest BCUT2D eigenvalue weighted by atomic mass is 32.2. The zero-order valence-corrected chi connectivity index (χ0v) is 17.4. The molecule has 2 heterocycles. The molecule has 7 nitrogen and oxygen atoms in total. The number of fused-ring (bicyclic) bond motifs is 2. The minimum absolute atomic E-state index is 0.225. The summed E-state index contributed by atoms with van der Waals surface area (Å²) in [6, 6.07) is 2.56. The molecule has 0 spiro atoms. The molecule has 1 amide bonds. The number of aryl methyl sites for hydroxylation is 2. The van der Waals surface area contributed by atoms with Crippen LogP contribution >= 0.6 is 11.8 Å². The average Bonchev–Trinajstić information content (AvgIpc) is 3.03. The number of carboxylic acid groups (broad SMARTS) is 1. The smallest absolute Gasteiger partial charge is 0.340 e. The Hall–Kier alpha value is -2.74. The van der Waals surface area contributed by atoms with Crippen molar-refractivity contribution in [3.8, 4) is 0 Å². The summed E-state index contributed by atoms with van der Waals surface area (Å²) in [5.41, 5.74) is 2.22. The number of nitrogens with one attached hydrogen (secondary N) is 1. The minimum atomic E-state index is -1.09. The van der Waals surface area contributed by atoms with Crippen molar-refractivity contribution in [3.63, 3.8) is 0 Å². The molecule has 8 heteroatoms. The Morgan fingerprint density at radius 3 is 2.66 bits per heavy atom. The van der Waals surface area contributed by atoms with Crippen LogP contribution in [0.2, 0.25) is 0 Å². The summed E-state index contributed by atoms with van der Waals surface area (Å²) < 4.78 is 10.9. The van der Waals surface area contributed by atoms with E-state index in [1.165, 1.54) is 0 Å². The molecule has 2 aromatic heterocycles. The highest BCUT2D eigenvalue weighted by molar-refractivity contribution is 7.99. The molecule has 1 unspecified atom stereocenters. The number of furan rings is 1. The number of hydrogen-bond acceptors (Lipinski definition) is 6. The highest BCUT2D eigenvalue weighted by Gasteiger charge is 2.22. The summed E-state index contributed by atoms with van der Waals surface area (Å²) >= 11 is 1.61. The van der Waals surface area contributed by atoms with Gasteiger partial charge in [-0.3, -0.25) is 4.79 Å². The molecule has 1 atom stereocenters. The molecule has 0 radical (unpaired) electrons. The monoisotopic (exact) mass is 417 g/mol. The van der Waals surface area contributed by atoms with E-state index < -0.39 is 23.5 Å². The van der Waals surface area contributed by atoms with E-state index in [2.05, 4.69) is 5.32 Å². The molecule has 154 valence electrons. The average molecular weight is 417 g/mol. The first kappa shape index (κ1) is 21.0. The second-order valence-electron chi connectivity index (χ2n) is 6.88. The summed E-state index contributed by atoms with van der Waals surface area (Å²) in [6.07, 6.45) is 1.72. The van der Waals surface area contributed by atoms with E-state index in [1.807, 2.05) is 19.9 Å². The molecule has 3 aromatic rings. The van der Waals surface area contributed by atoms with Gasteiger partial charge in [-0.15, -0.1) is 0 Å². The van der Waals surface area contributed by atoms with E-state index in [0.29, 0.717) is 28.9 Å². The van der Waals surface area contributed by atoms with Gasteiger partial charge >= 0.3 is 11.6 Å². The van der Waals surface area contributed by atoms with E-state index >= 15 is 0 Å². The van der Waals surface area contributed by atoms with Gasteiger partial charge in [-0.2, -0.15) is 11.8 Å². The van der Waals surface area contributed by atoms with Crippen molar-refractivity contribution in [2.75, 3.05) is 11.5 Å². The number of rotatable bonds is 8. The van der Waals surface area contributed by atoms with Crippen LogP contribution in [0.4, 0.5) is 0 Å². The normalized spacial score (nSPS) is 12.4. The van der Waals surface area contributed by atoms with Gasteiger partial charge in [0.25, 0.3) is 0 Å². The lowest BCUT2D eigenvalue weighted by Crippen LogP contribution is -2.42. The fourth-order valence-electron chi connectivity index (χ4n) is 3.25. The van der Waals surface area contributed by atoms with Gasteiger partial charge in [0.15, 0.2) is 0 Å². The van der Waals surface area contributed by atoms with Crippen LogP contribution in [0.3, 0.4) is 0 Å². The number of amides is 1. The summed E-state index contributed by atoms with van der Waals surface area (Å²) in [4.78, 5) is 36.3. The Balaban J connectivity index is 1.87. The molecular formula is C21H23NO6S. The Morgan fingerprint density at radius 1 is 1.21 bits per heavy atom. The second kappa shape index (κ2) is 8.73. The zero-order chi connectivity index (χ0) is 21.1. The minimum Gasteiger partial charge on any atom is -0.480 e. The molecule has 0 saturated heterocycles. The van der Waals surface area contributed by atoms with Gasteiger partial charge < -0.3 is 19.3 Å². The van der Waals surface area contributed by atoms with Gasteiger partial charge in [0.2, 0.25) is 5.91 Å². The van der Waals surface area contributed by atoms with Crippen molar-refractivity contribution in [3.05, 3.63) is 45.5 Å². The van der Waals surface area contributed by atoms with Gasteiger partial charge in [0.05, 0.1) is 18.2 Å². The molecule has 0 aliphatic rings. The van der Waals surface area contributed by atoms with Crippen LogP contribution in [0.25, 0.3) is 21.9 Å². The van der Waals surface area contributed by atoms with Crippen molar-refractivity contribution in [1.29, 1.82) is 0 Å². The standard InChI is InChI=1S/C21H23NO6S/c1-4-29-6-5-16(20(24)25)22-19(23)8-15-12(3)14-7-13-11(2)10-27-17(13)9-18(14)28-21(15)26/h7,9-10,16H,4-6,8H2,1-3H3,(H,22,23)(H,24,25). The summed E-state index contributed by atoms with van der Waals surface area (Å²) in [7, 11) is 0. The fraction of sp³-hybridized carbons (Fsp3) is 0.381. The number of aliphatic carboxylic acids is 1. The van der Waals surface area contributed by atoms with E-state index in [1.54, 1.807) is 31.0 Å². The lowest BCUT2D eigenvalue weighted by atomic mass is 10.0. The van der Waals surface area contributed by atoms with Crippen LogP contribution in [0.1, 0.15) is 30.0 Å². The van der Waals surface area contributed by atoms with Crippen molar-refractivity contribution in [2.24, 2.45) is 0 Å². The topological polar surface area (TPSA) is 110 Å². The third kappa shape index (κ3) is 4.48. The van der Waals surface area contributed by atoms with Crippen LogP contribution < -0.4 is 10.9 Å². The predicted octanol–water partition coefficient (Wildman–Crippen LogP) is 3.41. The van der Waals surface area contributed by atoms with E-state index in [-0.39, 0.29) is 12.0 Å². The first-order valence-electron chi connectivity index (χ1n) is 9.35. The van der Waals surface area contributed by atoms with Crippen molar-refractivity contribution < 1.29 is 23.5 Å². The van der Waals surface area contributed by atoms with Crippen LogP contribution in [0.15, 0.2) is 32.0 Å². The quantitative estimate of drug-likeness (QED) is 0.427. The van der Waals surface area contributed by atoms with Crippen LogP contribution in [-0.4, -0.2) is 34.5 Å². The number of carboxylic acids is 1. The highest BCUT2D eigenvalue weighted by Crippen LogP contribution is 2.28. The Bertz CT molecular complexity index is 1130. The molecule has 3 rings (SSSR count). The lowest BCUT2D eigenvalue weighted by Gasteiger charge is -2.14. The Morgan fingerprint density at radius 2 is 1.97 bits per heavy atom. The molecule has 0 bridgehead atoms. The van der Waals surface area contributed by atoms with Crippen molar-refractivity contribution >= 4 is 45.6 Å². The number of benzene rings is 1. The van der Waals surface area contributed by atoms with Crippen LogP contribution in [0, 0.1) is 13.8 Å². The van der Waals surface area contributed by atoms with Crippen molar-refractivity contribution in [2.45, 2.75) is 39.7 Å². The van der Waals surface area contributed by atoms with E-state index in [0.717, 1.165) is 22.1 Å². The number of hydrogen-bond donors (Lipinski definition) is 2. The maximum absolute atomic E-state index is 12.5. The summed E-state index contributed by atoms with van der Waals surface area (Å²) in [5, 5.41) is 13.5. The van der Waals surface area contributed by atoms with Gasteiger partial charge in [-0.05, 0) is 49.0 Å². The number of carbonyl (C=O) groups excluding carboxylic acids is 1. The molecule has 1 aromatic carbocycles. The summed E-state index contributed by atoms with van der Waals surface area (Å²) in [6.45, 7) is 5.67. The first-order valence-corrected chi connectivity index (χ1v) is 10.5. The number of carbonyl (C=O) groups is 2. The van der Waals surface area contributed by atoms with Gasteiger partial charge in [-0.1, -0.05) is 6.92 Å². The van der Waals surface area contributed by atoms with E-state index in [4.69, 9.17) is 8.83 Å². The largest absolute Gasteiger partial charge is 0.480 e. The van der Waals surface area contributed by atoms with Crippen molar-refractivity contribution in [1.82, 2.24) is 5.32 Å². The predicted molar refractivity (Wildman–Crippen MR) is 113 cm³/mol. The molecule has 0 saturated carbocycles. The number of thioether (sulfide) groups is 1. The van der Waals surface area contributed by atoms with Gasteiger partial charge in [0.1, 0.15) is 17.2 Å².